The number of hydrogen-bond acceptors (Lipinski definition) is 4. The third-order valence-corrected chi connectivity index (χ3v) is 4.17. The van der Waals surface area contributed by atoms with Crippen molar-refractivity contribution in [3.63, 3.8) is 0 Å². The maximum absolute atomic E-state index is 6.08. The van der Waals surface area contributed by atoms with Gasteiger partial charge in [0.15, 0.2) is 5.82 Å². The highest BCUT2D eigenvalue weighted by molar-refractivity contribution is 5.11. The van der Waals surface area contributed by atoms with Gasteiger partial charge in [0.25, 0.3) is 0 Å². The first kappa shape index (κ1) is 15.4. The molecule has 0 aromatic carbocycles. The van der Waals surface area contributed by atoms with Crippen LogP contribution in [0.2, 0.25) is 0 Å². The van der Waals surface area contributed by atoms with Gasteiger partial charge in [-0.05, 0) is 57.4 Å². The zero-order valence-electron chi connectivity index (χ0n) is 12.9. The second-order valence-corrected chi connectivity index (χ2v) is 6.21. The van der Waals surface area contributed by atoms with Gasteiger partial charge in [-0.25, -0.2) is 9.97 Å². The minimum Gasteiger partial charge on any atom is -0.367 e. The maximum Gasteiger partial charge on any atom is 0.160 e. The van der Waals surface area contributed by atoms with Crippen LogP contribution in [0.3, 0.4) is 0 Å². The van der Waals surface area contributed by atoms with Gasteiger partial charge in [0.05, 0.1) is 0 Å². The van der Waals surface area contributed by atoms with Crippen LogP contribution in [0, 0.1) is 5.92 Å². The zero-order chi connectivity index (χ0) is 14.6. The molecule has 4 nitrogen and oxygen atoms in total. The Balaban J connectivity index is 2.17. The molecule has 1 atom stereocenters. The fourth-order valence-electron chi connectivity index (χ4n) is 3.00. The molecule has 4 heteroatoms. The van der Waals surface area contributed by atoms with E-state index in [-0.39, 0.29) is 11.6 Å². The minimum atomic E-state index is -0.270. The summed E-state index contributed by atoms with van der Waals surface area (Å²) in [6, 6.07) is 0.140. The van der Waals surface area contributed by atoms with Crippen LogP contribution < -0.4 is 5.73 Å². The first-order chi connectivity index (χ1) is 9.55. The summed E-state index contributed by atoms with van der Waals surface area (Å²) in [4.78, 5) is 9.16. The highest BCUT2D eigenvalue weighted by Gasteiger charge is 2.39. The molecule has 2 N–H and O–H groups in total. The summed E-state index contributed by atoms with van der Waals surface area (Å²) in [6.45, 7) is 7.06. The van der Waals surface area contributed by atoms with Gasteiger partial charge in [-0.3, -0.25) is 0 Å². The summed E-state index contributed by atoms with van der Waals surface area (Å²) in [5.74, 6) is 1.63. The van der Waals surface area contributed by atoms with E-state index in [1.54, 1.807) is 0 Å². The molecule has 1 unspecified atom stereocenters. The predicted molar refractivity (Wildman–Crippen MR) is 80.3 cm³/mol. The molecule has 1 aromatic rings. The molecule has 1 saturated carbocycles. The number of nitrogens with two attached hydrogens (primary N) is 1. The Labute approximate surface area is 122 Å². The van der Waals surface area contributed by atoms with E-state index < -0.39 is 0 Å². The monoisotopic (exact) mass is 277 g/mol. The topological polar surface area (TPSA) is 61.0 Å². The second kappa shape index (κ2) is 6.64. The van der Waals surface area contributed by atoms with Crippen molar-refractivity contribution in [3.05, 3.63) is 23.8 Å². The molecule has 2 rings (SSSR count). The quantitative estimate of drug-likeness (QED) is 0.899. The standard InChI is InChI=1S/C16H27N3O/c1-4-20-16(7-5-12(2)6-8-16)15-18-10-14(11-19-15)9-13(3)17/h10-13H,4-9,17H2,1-3H3. The smallest absolute Gasteiger partial charge is 0.160 e. The summed E-state index contributed by atoms with van der Waals surface area (Å²) in [6.07, 6.45) is 9.05. The summed E-state index contributed by atoms with van der Waals surface area (Å²) >= 11 is 0. The van der Waals surface area contributed by atoms with E-state index in [0.717, 1.165) is 36.6 Å². The average molecular weight is 277 g/mol. The number of ether oxygens (including phenoxy) is 1. The van der Waals surface area contributed by atoms with E-state index >= 15 is 0 Å². The van der Waals surface area contributed by atoms with Gasteiger partial charge >= 0.3 is 0 Å². The molecule has 0 radical (unpaired) electrons. The van der Waals surface area contributed by atoms with Crippen molar-refractivity contribution in [1.82, 2.24) is 9.97 Å². The van der Waals surface area contributed by atoms with Gasteiger partial charge in [0.2, 0.25) is 0 Å². The van der Waals surface area contributed by atoms with Gasteiger partial charge in [0, 0.05) is 25.0 Å². The Morgan fingerprint density at radius 2 is 1.95 bits per heavy atom. The van der Waals surface area contributed by atoms with Gasteiger partial charge in [0.1, 0.15) is 5.60 Å². The molecule has 0 spiro atoms. The van der Waals surface area contributed by atoms with Gasteiger partial charge < -0.3 is 10.5 Å². The largest absolute Gasteiger partial charge is 0.367 e. The first-order valence-electron chi connectivity index (χ1n) is 7.76. The zero-order valence-corrected chi connectivity index (χ0v) is 12.9. The van der Waals surface area contributed by atoms with Crippen LogP contribution >= 0.6 is 0 Å². The van der Waals surface area contributed by atoms with E-state index in [2.05, 4.69) is 16.9 Å². The molecular weight excluding hydrogens is 250 g/mol. The van der Waals surface area contributed by atoms with Crippen molar-refractivity contribution in [2.45, 2.75) is 64.5 Å². The van der Waals surface area contributed by atoms with Crippen molar-refractivity contribution in [1.29, 1.82) is 0 Å². The molecule has 0 amide bonds. The van der Waals surface area contributed by atoms with Crippen LogP contribution in [0.4, 0.5) is 0 Å². The molecule has 1 aliphatic carbocycles. The average Bonchev–Trinajstić information content (AvgIpc) is 2.42. The van der Waals surface area contributed by atoms with Crippen molar-refractivity contribution in [2.75, 3.05) is 6.61 Å². The third kappa shape index (κ3) is 3.55. The van der Waals surface area contributed by atoms with Gasteiger partial charge in [-0.15, -0.1) is 0 Å². The predicted octanol–water partition coefficient (Wildman–Crippen LogP) is 2.81. The van der Waals surface area contributed by atoms with Crippen LogP contribution in [-0.4, -0.2) is 22.6 Å². The highest BCUT2D eigenvalue weighted by Crippen LogP contribution is 2.40. The van der Waals surface area contributed by atoms with Crippen LogP contribution in [-0.2, 0) is 16.8 Å². The van der Waals surface area contributed by atoms with Crippen LogP contribution in [0.15, 0.2) is 12.4 Å². The van der Waals surface area contributed by atoms with E-state index in [9.17, 15) is 0 Å². The van der Waals surface area contributed by atoms with Crippen LogP contribution in [0.5, 0.6) is 0 Å². The highest BCUT2D eigenvalue weighted by atomic mass is 16.5. The summed E-state index contributed by atoms with van der Waals surface area (Å²) < 4.78 is 6.08. The van der Waals surface area contributed by atoms with E-state index in [1.807, 2.05) is 26.2 Å². The Morgan fingerprint density at radius 1 is 1.35 bits per heavy atom. The fourth-order valence-corrected chi connectivity index (χ4v) is 3.00. The van der Waals surface area contributed by atoms with Gasteiger partial charge in [-0.1, -0.05) is 6.92 Å². The molecule has 112 valence electrons. The first-order valence-corrected chi connectivity index (χ1v) is 7.76. The van der Waals surface area contributed by atoms with Crippen LogP contribution in [0.25, 0.3) is 0 Å². The molecule has 0 aliphatic heterocycles. The fraction of sp³-hybridized carbons (Fsp3) is 0.750. The molecule has 0 bridgehead atoms. The number of nitrogens with zero attached hydrogens (tertiary/aromatic N) is 2. The molecule has 20 heavy (non-hydrogen) atoms. The summed E-state index contributed by atoms with van der Waals surface area (Å²) in [5, 5.41) is 0. The Morgan fingerprint density at radius 3 is 2.45 bits per heavy atom. The summed E-state index contributed by atoms with van der Waals surface area (Å²) in [5.41, 5.74) is 6.64. The van der Waals surface area contributed by atoms with Crippen LogP contribution in [0.1, 0.15) is 57.8 Å². The molecule has 1 heterocycles. The lowest BCUT2D eigenvalue weighted by atomic mass is 9.79. The number of rotatable bonds is 5. The lowest BCUT2D eigenvalue weighted by Gasteiger charge is -2.37. The van der Waals surface area contributed by atoms with Crippen molar-refractivity contribution >= 4 is 0 Å². The molecule has 1 aromatic heterocycles. The van der Waals surface area contributed by atoms with E-state index in [4.69, 9.17) is 10.5 Å². The van der Waals surface area contributed by atoms with Crippen molar-refractivity contribution < 1.29 is 4.74 Å². The molecular formula is C16H27N3O. The second-order valence-electron chi connectivity index (χ2n) is 6.21. The lowest BCUT2D eigenvalue weighted by Crippen LogP contribution is -2.36. The molecule has 1 aliphatic rings. The number of aromatic nitrogens is 2. The Hall–Kier alpha value is -1.00. The van der Waals surface area contributed by atoms with Crippen molar-refractivity contribution in [2.24, 2.45) is 11.7 Å². The van der Waals surface area contributed by atoms with Crippen molar-refractivity contribution in [3.8, 4) is 0 Å². The SMILES string of the molecule is CCOC1(c2ncc(CC(C)N)cn2)CCC(C)CC1. The summed E-state index contributed by atoms with van der Waals surface area (Å²) in [7, 11) is 0. The maximum atomic E-state index is 6.08. The van der Waals surface area contributed by atoms with E-state index in [0.29, 0.717) is 6.61 Å². The molecule has 0 saturated heterocycles. The van der Waals surface area contributed by atoms with Gasteiger partial charge in [-0.2, -0.15) is 0 Å². The normalized spacial score (nSPS) is 28.3. The molecule has 1 fully saturated rings. The minimum absolute atomic E-state index is 0.140. The lowest BCUT2D eigenvalue weighted by molar-refractivity contribution is -0.0837. The number of hydrogen-bond donors (Lipinski definition) is 1. The van der Waals surface area contributed by atoms with E-state index in [1.165, 1.54) is 12.8 Å². The third-order valence-electron chi connectivity index (χ3n) is 4.17. The Kier molecular flexibility index (Phi) is 5.11. The Bertz CT molecular complexity index is 408.